The SMILES string of the molecule is Bc1nnc(SCC(=O)O)n1-c1ccc(C2CC2)c2ccccc12. The van der Waals surface area contributed by atoms with Gasteiger partial charge in [0.15, 0.2) is 13.0 Å². The first-order chi connectivity index (χ1) is 11.6. The van der Waals surface area contributed by atoms with Crippen molar-refractivity contribution >= 4 is 42.1 Å². The Morgan fingerprint density at radius 3 is 2.67 bits per heavy atom. The number of thioether (sulfide) groups is 1. The average molecular weight is 337 g/mol. The van der Waals surface area contributed by atoms with Crippen molar-refractivity contribution < 1.29 is 9.90 Å². The smallest absolute Gasteiger partial charge is 0.313 e. The van der Waals surface area contributed by atoms with Crippen LogP contribution < -0.4 is 5.72 Å². The summed E-state index contributed by atoms with van der Waals surface area (Å²) in [6, 6.07) is 12.7. The molecule has 0 saturated heterocycles. The van der Waals surface area contributed by atoms with Crippen LogP contribution in [0.15, 0.2) is 41.6 Å². The van der Waals surface area contributed by atoms with Gasteiger partial charge in [0.1, 0.15) is 0 Å². The lowest BCUT2D eigenvalue weighted by molar-refractivity contribution is -0.133. The molecular formula is C17H16BN3O2S. The Balaban J connectivity index is 1.87. The van der Waals surface area contributed by atoms with Crippen LogP contribution in [-0.2, 0) is 4.79 Å². The zero-order valence-corrected chi connectivity index (χ0v) is 14.1. The number of hydrogen-bond acceptors (Lipinski definition) is 4. The van der Waals surface area contributed by atoms with Crippen molar-refractivity contribution in [2.45, 2.75) is 23.9 Å². The molecular weight excluding hydrogens is 321 g/mol. The van der Waals surface area contributed by atoms with E-state index in [0.29, 0.717) is 11.1 Å². The molecule has 5 nitrogen and oxygen atoms in total. The summed E-state index contributed by atoms with van der Waals surface area (Å²) in [5.74, 6) is -0.219. The van der Waals surface area contributed by atoms with Crippen molar-refractivity contribution in [3.8, 4) is 5.69 Å². The van der Waals surface area contributed by atoms with Crippen molar-refractivity contribution in [3.63, 3.8) is 0 Å². The van der Waals surface area contributed by atoms with Crippen LogP contribution in [-0.4, -0.2) is 39.4 Å². The normalized spacial score (nSPS) is 14.2. The molecule has 1 saturated carbocycles. The largest absolute Gasteiger partial charge is 0.481 e. The Bertz CT molecular complexity index is 937. The molecule has 1 N–H and O–H groups in total. The van der Waals surface area contributed by atoms with E-state index >= 15 is 0 Å². The molecule has 0 bridgehead atoms. The van der Waals surface area contributed by atoms with Gasteiger partial charge in [0.05, 0.1) is 17.2 Å². The van der Waals surface area contributed by atoms with Crippen LogP contribution in [0.2, 0.25) is 0 Å². The van der Waals surface area contributed by atoms with E-state index in [-0.39, 0.29) is 5.75 Å². The van der Waals surface area contributed by atoms with Gasteiger partial charge in [-0.05, 0) is 35.8 Å². The van der Waals surface area contributed by atoms with Crippen molar-refractivity contribution in [1.82, 2.24) is 14.8 Å². The average Bonchev–Trinajstić information content (AvgIpc) is 3.35. The maximum atomic E-state index is 10.9. The Hall–Kier alpha value is -2.28. The number of rotatable bonds is 5. The van der Waals surface area contributed by atoms with E-state index in [1.807, 2.05) is 18.5 Å². The first kappa shape index (κ1) is 15.3. The summed E-state index contributed by atoms with van der Waals surface area (Å²) in [5.41, 5.74) is 3.16. The van der Waals surface area contributed by atoms with Gasteiger partial charge in [-0.3, -0.25) is 9.36 Å². The molecule has 120 valence electrons. The number of nitrogens with zero attached hydrogens (tertiary/aromatic N) is 3. The lowest BCUT2D eigenvalue weighted by atomic mass is 9.99. The van der Waals surface area contributed by atoms with Gasteiger partial charge < -0.3 is 5.11 Å². The Morgan fingerprint density at radius 2 is 1.96 bits per heavy atom. The first-order valence-corrected chi connectivity index (χ1v) is 8.92. The van der Waals surface area contributed by atoms with Crippen LogP contribution >= 0.6 is 11.8 Å². The molecule has 1 aliphatic rings. The number of fused-ring (bicyclic) bond motifs is 1. The first-order valence-electron chi connectivity index (χ1n) is 7.94. The summed E-state index contributed by atoms with van der Waals surface area (Å²) in [5, 5.41) is 20.3. The fourth-order valence-corrected chi connectivity index (χ4v) is 3.80. The summed E-state index contributed by atoms with van der Waals surface area (Å²) in [6.45, 7) is 0. The molecule has 0 unspecified atom stereocenters. The molecule has 24 heavy (non-hydrogen) atoms. The van der Waals surface area contributed by atoms with Gasteiger partial charge in [0.25, 0.3) is 0 Å². The third-order valence-corrected chi connectivity index (χ3v) is 5.23. The molecule has 1 aliphatic carbocycles. The van der Waals surface area contributed by atoms with Crippen LogP contribution in [0, 0.1) is 0 Å². The Morgan fingerprint density at radius 1 is 1.21 bits per heavy atom. The molecule has 1 aromatic heterocycles. The Kier molecular flexibility index (Phi) is 3.80. The van der Waals surface area contributed by atoms with Crippen molar-refractivity contribution in [3.05, 3.63) is 42.0 Å². The van der Waals surface area contributed by atoms with Gasteiger partial charge in [-0.15, -0.1) is 10.2 Å². The summed E-state index contributed by atoms with van der Waals surface area (Å²) < 4.78 is 1.95. The van der Waals surface area contributed by atoms with Gasteiger partial charge in [-0.1, -0.05) is 42.1 Å². The number of carbonyl (C=O) groups is 1. The number of aromatic nitrogens is 3. The van der Waals surface area contributed by atoms with Crippen LogP contribution in [0.3, 0.4) is 0 Å². The highest BCUT2D eigenvalue weighted by atomic mass is 32.2. The minimum Gasteiger partial charge on any atom is -0.481 e. The predicted molar refractivity (Wildman–Crippen MR) is 97.4 cm³/mol. The number of benzene rings is 2. The Labute approximate surface area is 144 Å². The van der Waals surface area contributed by atoms with Gasteiger partial charge in [0, 0.05) is 5.39 Å². The second-order valence-electron chi connectivity index (χ2n) is 6.04. The molecule has 3 aromatic rings. The van der Waals surface area contributed by atoms with Crippen molar-refractivity contribution in [2.24, 2.45) is 0 Å². The van der Waals surface area contributed by atoms with E-state index in [1.165, 1.54) is 35.6 Å². The number of hydrogen-bond donors (Lipinski definition) is 1. The van der Waals surface area contributed by atoms with E-state index in [4.69, 9.17) is 5.11 Å². The minimum absolute atomic E-state index is 0.0315. The zero-order valence-electron chi connectivity index (χ0n) is 13.3. The summed E-state index contributed by atoms with van der Waals surface area (Å²) in [4.78, 5) is 10.9. The monoisotopic (exact) mass is 337 g/mol. The summed E-state index contributed by atoms with van der Waals surface area (Å²) >= 11 is 1.19. The second-order valence-corrected chi connectivity index (χ2v) is 6.98. The standard InChI is InChI=1S/C17H16BN3O2S/c18-16-19-20-17(24-9-15(22)23)21(16)14-8-7-11(10-5-6-10)12-3-1-2-4-13(12)14/h1-4,7-8,10H,5-6,9,18H2,(H,22,23). The number of carboxylic acid groups (broad SMARTS) is 1. The highest BCUT2D eigenvalue weighted by Gasteiger charge is 2.26. The zero-order chi connectivity index (χ0) is 16.7. The molecule has 0 amide bonds. The van der Waals surface area contributed by atoms with E-state index in [1.54, 1.807) is 0 Å². The highest BCUT2D eigenvalue weighted by molar-refractivity contribution is 7.99. The second kappa shape index (κ2) is 5.98. The van der Waals surface area contributed by atoms with Crippen LogP contribution in [0.1, 0.15) is 24.3 Å². The fourth-order valence-electron chi connectivity index (χ4n) is 3.09. The van der Waals surface area contributed by atoms with Crippen LogP contribution in [0.4, 0.5) is 0 Å². The van der Waals surface area contributed by atoms with Gasteiger partial charge in [-0.2, -0.15) is 0 Å². The molecule has 7 heteroatoms. The third-order valence-electron chi connectivity index (χ3n) is 4.31. The van der Waals surface area contributed by atoms with E-state index in [9.17, 15) is 4.79 Å². The molecule has 4 rings (SSSR count). The number of carboxylic acids is 1. The topological polar surface area (TPSA) is 68.0 Å². The molecule has 2 aromatic carbocycles. The predicted octanol–water partition coefficient (Wildman–Crippen LogP) is 1.73. The highest BCUT2D eigenvalue weighted by Crippen LogP contribution is 2.44. The summed E-state index contributed by atoms with van der Waals surface area (Å²) in [6.07, 6.45) is 2.52. The minimum atomic E-state index is -0.860. The molecule has 0 aliphatic heterocycles. The molecule has 0 radical (unpaired) electrons. The van der Waals surface area contributed by atoms with Gasteiger partial charge in [0.2, 0.25) is 0 Å². The van der Waals surface area contributed by atoms with Gasteiger partial charge in [-0.25, -0.2) is 0 Å². The third kappa shape index (κ3) is 2.69. The number of aliphatic carboxylic acids is 1. The molecule has 1 heterocycles. The van der Waals surface area contributed by atoms with E-state index < -0.39 is 5.97 Å². The van der Waals surface area contributed by atoms with Crippen LogP contribution in [0.25, 0.3) is 16.5 Å². The van der Waals surface area contributed by atoms with Gasteiger partial charge >= 0.3 is 5.97 Å². The lowest BCUT2D eigenvalue weighted by Crippen LogP contribution is -2.18. The molecule has 0 atom stereocenters. The quantitative estimate of drug-likeness (QED) is 0.567. The molecule has 0 spiro atoms. The van der Waals surface area contributed by atoms with Crippen LogP contribution in [0.5, 0.6) is 0 Å². The van der Waals surface area contributed by atoms with E-state index in [0.717, 1.165) is 16.8 Å². The maximum absolute atomic E-state index is 10.9. The van der Waals surface area contributed by atoms with Crippen molar-refractivity contribution in [1.29, 1.82) is 0 Å². The fraction of sp³-hybridized carbons (Fsp3) is 0.235. The van der Waals surface area contributed by atoms with E-state index in [2.05, 4.69) is 40.5 Å². The summed E-state index contributed by atoms with van der Waals surface area (Å²) in [7, 11) is 1.89. The molecule has 1 fully saturated rings. The maximum Gasteiger partial charge on any atom is 0.313 e. The van der Waals surface area contributed by atoms with Crippen molar-refractivity contribution in [2.75, 3.05) is 5.75 Å². The lowest BCUT2D eigenvalue weighted by Gasteiger charge is -2.14.